The second-order valence-electron chi connectivity index (χ2n) is 5.17. The van der Waals surface area contributed by atoms with Crippen molar-refractivity contribution in [1.82, 2.24) is 0 Å². The maximum atomic E-state index is 12.1. The summed E-state index contributed by atoms with van der Waals surface area (Å²) >= 11 is 1.35. The number of aromatic hydroxyl groups is 2. The van der Waals surface area contributed by atoms with E-state index in [2.05, 4.69) is 0 Å². The molecule has 3 rings (SSSR count). The van der Waals surface area contributed by atoms with Gasteiger partial charge in [0.1, 0.15) is 16.4 Å². The number of carbonyl (C=O) groups excluding carboxylic acids is 1. The largest absolute Gasteiger partial charge is 0.508 e. The molecule has 0 aliphatic carbocycles. The number of hydrogen-bond acceptors (Lipinski definition) is 5. The van der Waals surface area contributed by atoms with Gasteiger partial charge in [-0.05, 0) is 60.5 Å². The minimum atomic E-state index is -0.354. The van der Waals surface area contributed by atoms with Gasteiger partial charge >= 0.3 is 5.97 Å². The number of hydrogen-bond donors (Lipinski definition) is 2. The predicted octanol–water partition coefficient (Wildman–Crippen LogP) is 4.67. The zero-order valence-corrected chi connectivity index (χ0v) is 13.8. The summed E-state index contributed by atoms with van der Waals surface area (Å²) in [6, 6.07) is 15.5. The molecule has 0 amide bonds. The van der Waals surface area contributed by atoms with E-state index in [9.17, 15) is 15.0 Å². The van der Waals surface area contributed by atoms with Gasteiger partial charge in [0.2, 0.25) is 0 Å². The average molecular weight is 340 g/mol. The van der Waals surface area contributed by atoms with E-state index in [4.69, 9.17) is 4.74 Å². The maximum Gasteiger partial charge on any atom is 0.348 e. The summed E-state index contributed by atoms with van der Waals surface area (Å²) < 4.78 is 5.10. The third-order valence-corrected chi connectivity index (χ3v) is 4.68. The smallest absolute Gasteiger partial charge is 0.348 e. The normalized spacial score (nSPS) is 10.5. The molecule has 0 fully saturated rings. The number of thiophene rings is 1. The van der Waals surface area contributed by atoms with Gasteiger partial charge in [-0.2, -0.15) is 0 Å². The van der Waals surface area contributed by atoms with Crippen molar-refractivity contribution in [2.24, 2.45) is 0 Å². The molecule has 4 nitrogen and oxygen atoms in total. The van der Waals surface area contributed by atoms with Gasteiger partial charge in [0.15, 0.2) is 0 Å². The van der Waals surface area contributed by atoms with Crippen molar-refractivity contribution < 1.29 is 19.7 Å². The lowest BCUT2D eigenvalue weighted by molar-refractivity contribution is 0.0532. The molecule has 0 aliphatic heterocycles. The SMILES string of the molecule is CCOC(=O)c1cc(-c2ccc(O)cc2)c(-c2ccc(O)cc2)s1. The number of ether oxygens (including phenoxy) is 1. The first-order valence-corrected chi connectivity index (χ1v) is 8.30. The zero-order valence-electron chi connectivity index (χ0n) is 13.0. The van der Waals surface area contributed by atoms with E-state index in [-0.39, 0.29) is 17.5 Å². The fourth-order valence-corrected chi connectivity index (χ4v) is 3.46. The lowest BCUT2D eigenvalue weighted by atomic mass is 10.0. The monoisotopic (exact) mass is 340 g/mol. The van der Waals surface area contributed by atoms with E-state index >= 15 is 0 Å². The van der Waals surface area contributed by atoms with Crippen molar-refractivity contribution in [2.75, 3.05) is 6.61 Å². The summed E-state index contributed by atoms with van der Waals surface area (Å²) in [4.78, 5) is 13.5. The Bertz CT molecular complexity index is 785. The highest BCUT2D eigenvalue weighted by Gasteiger charge is 2.18. The molecule has 2 aromatic carbocycles. The van der Waals surface area contributed by atoms with Gasteiger partial charge in [0, 0.05) is 10.4 Å². The number of esters is 1. The standard InChI is InChI=1S/C19H16O4S/c1-2-23-19(22)17-11-16(12-3-7-14(20)8-4-12)18(24-17)13-5-9-15(21)10-6-13/h3-11,20-21H,2H2,1H3. The molecule has 1 aromatic heterocycles. The molecule has 0 atom stereocenters. The van der Waals surface area contributed by atoms with Gasteiger partial charge in [-0.15, -0.1) is 11.3 Å². The summed E-state index contributed by atoms with van der Waals surface area (Å²) in [6.45, 7) is 2.09. The number of rotatable bonds is 4. The van der Waals surface area contributed by atoms with Crippen LogP contribution in [-0.2, 0) is 4.74 Å². The summed E-state index contributed by atoms with van der Waals surface area (Å²) in [5.41, 5.74) is 2.67. The van der Waals surface area contributed by atoms with Crippen LogP contribution in [-0.4, -0.2) is 22.8 Å². The molecule has 0 saturated carbocycles. The van der Waals surface area contributed by atoms with Crippen LogP contribution in [0, 0.1) is 0 Å². The molecule has 0 saturated heterocycles. The van der Waals surface area contributed by atoms with E-state index in [1.54, 1.807) is 61.5 Å². The molecule has 3 aromatic rings. The molecule has 0 bridgehead atoms. The van der Waals surface area contributed by atoms with Crippen molar-refractivity contribution in [1.29, 1.82) is 0 Å². The Morgan fingerprint density at radius 1 is 0.958 bits per heavy atom. The third kappa shape index (κ3) is 3.26. The minimum Gasteiger partial charge on any atom is -0.508 e. The first-order valence-electron chi connectivity index (χ1n) is 7.48. The highest BCUT2D eigenvalue weighted by Crippen LogP contribution is 2.40. The molecule has 0 unspecified atom stereocenters. The van der Waals surface area contributed by atoms with Crippen molar-refractivity contribution in [2.45, 2.75) is 6.92 Å². The summed E-state index contributed by atoms with van der Waals surface area (Å²) in [6.07, 6.45) is 0. The van der Waals surface area contributed by atoms with E-state index in [0.717, 1.165) is 21.6 Å². The lowest BCUT2D eigenvalue weighted by Gasteiger charge is -2.05. The lowest BCUT2D eigenvalue weighted by Crippen LogP contribution is -2.01. The molecular formula is C19H16O4S. The Labute approximate surface area is 143 Å². The molecule has 0 radical (unpaired) electrons. The fourth-order valence-electron chi connectivity index (χ4n) is 2.38. The van der Waals surface area contributed by atoms with Crippen LogP contribution in [0.25, 0.3) is 21.6 Å². The molecule has 122 valence electrons. The molecule has 24 heavy (non-hydrogen) atoms. The van der Waals surface area contributed by atoms with Gasteiger partial charge in [-0.25, -0.2) is 4.79 Å². The molecule has 0 spiro atoms. The molecule has 5 heteroatoms. The molecule has 1 heterocycles. The summed E-state index contributed by atoms with van der Waals surface area (Å²) in [5.74, 6) is 0.0189. The van der Waals surface area contributed by atoms with Crippen LogP contribution < -0.4 is 0 Å². The van der Waals surface area contributed by atoms with Gasteiger partial charge in [0.25, 0.3) is 0 Å². The van der Waals surface area contributed by atoms with Crippen LogP contribution in [0.4, 0.5) is 0 Å². The molecular weight excluding hydrogens is 324 g/mol. The molecule has 0 aliphatic rings. The first-order chi connectivity index (χ1) is 11.6. The summed E-state index contributed by atoms with van der Waals surface area (Å²) in [5, 5.41) is 19.0. The van der Waals surface area contributed by atoms with Crippen molar-refractivity contribution in [3.63, 3.8) is 0 Å². The van der Waals surface area contributed by atoms with Crippen LogP contribution in [0.5, 0.6) is 11.5 Å². The van der Waals surface area contributed by atoms with Crippen LogP contribution in [0.1, 0.15) is 16.6 Å². The Kier molecular flexibility index (Phi) is 4.53. The van der Waals surface area contributed by atoms with Crippen molar-refractivity contribution in [3.8, 4) is 33.1 Å². The van der Waals surface area contributed by atoms with E-state index in [1.165, 1.54) is 11.3 Å². The van der Waals surface area contributed by atoms with E-state index < -0.39 is 0 Å². The predicted molar refractivity (Wildman–Crippen MR) is 94.5 cm³/mol. The van der Waals surface area contributed by atoms with Gasteiger partial charge in [0.05, 0.1) is 6.61 Å². The number of phenolic OH excluding ortho intramolecular Hbond substituents is 2. The van der Waals surface area contributed by atoms with Gasteiger partial charge in [-0.3, -0.25) is 0 Å². The Morgan fingerprint density at radius 3 is 2.04 bits per heavy atom. The number of benzene rings is 2. The van der Waals surface area contributed by atoms with Crippen LogP contribution in [0.3, 0.4) is 0 Å². The van der Waals surface area contributed by atoms with Crippen LogP contribution in [0.2, 0.25) is 0 Å². The third-order valence-electron chi connectivity index (χ3n) is 3.52. The van der Waals surface area contributed by atoms with E-state index in [0.29, 0.717) is 11.5 Å². The minimum absolute atomic E-state index is 0.186. The van der Waals surface area contributed by atoms with Crippen LogP contribution >= 0.6 is 11.3 Å². The van der Waals surface area contributed by atoms with Gasteiger partial charge in [-0.1, -0.05) is 12.1 Å². The second-order valence-corrected chi connectivity index (χ2v) is 6.22. The Balaban J connectivity index is 2.12. The van der Waals surface area contributed by atoms with Crippen molar-refractivity contribution in [3.05, 3.63) is 59.5 Å². The zero-order chi connectivity index (χ0) is 17.1. The average Bonchev–Trinajstić information content (AvgIpc) is 3.02. The fraction of sp³-hybridized carbons (Fsp3) is 0.105. The Hall–Kier alpha value is -2.79. The molecule has 2 N–H and O–H groups in total. The quantitative estimate of drug-likeness (QED) is 0.677. The highest BCUT2D eigenvalue weighted by atomic mass is 32.1. The topological polar surface area (TPSA) is 66.8 Å². The second kappa shape index (κ2) is 6.76. The highest BCUT2D eigenvalue weighted by molar-refractivity contribution is 7.18. The van der Waals surface area contributed by atoms with E-state index in [1.807, 2.05) is 0 Å². The number of phenols is 2. The van der Waals surface area contributed by atoms with Crippen molar-refractivity contribution >= 4 is 17.3 Å². The summed E-state index contributed by atoms with van der Waals surface area (Å²) in [7, 11) is 0. The van der Waals surface area contributed by atoms with Gasteiger partial charge < -0.3 is 14.9 Å². The van der Waals surface area contributed by atoms with Crippen LogP contribution in [0.15, 0.2) is 54.6 Å². The first kappa shape index (κ1) is 16.1. The number of carbonyl (C=O) groups is 1. The maximum absolute atomic E-state index is 12.1. The Morgan fingerprint density at radius 2 is 1.50 bits per heavy atom.